The van der Waals surface area contributed by atoms with E-state index in [9.17, 15) is 0 Å². The molecule has 3 aliphatic heterocycles. The van der Waals surface area contributed by atoms with Crippen molar-refractivity contribution in [1.82, 2.24) is 0 Å². The van der Waals surface area contributed by atoms with Gasteiger partial charge in [0, 0.05) is 24.3 Å². The van der Waals surface area contributed by atoms with Crippen LogP contribution < -0.4 is 14.4 Å². The Labute approximate surface area is 112 Å². The van der Waals surface area contributed by atoms with Crippen molar-refractivity contribution in [2.45, 2.75) is 18.8 Å². The molecule has 4 heteroatoms. The van der Waals surface area contributed by atoms with Gasteiger partial charge in [0.05, 0.1) is 14.2 Å². The van der Waals surface area contributed by atoms with E-state index in [2.05, 4.69) is 11.0 Å². The highest BCUT2D eigenvalue weighted by atomic mass is 79.9. The van der Waals surface area contributed by atoms with Crippen molar-refractivity contribution in [3.8, 4) is 11.5 Å². The molecule has 0 N–H and O–H groups in total. The Morgan fingerprint density at radius 3 is 2.41 bits per heavy atom. The van der Waals surface area contributed by atoms with Gasteiger partial charge in [-0.05, 0) is 30.9 Å². The molecule has 0 saturated carbocycles. The molecule has 2 bridgehead atoms. The van der Waals surface area contributed by atoms with E-state index < -0.39 is 0 Å². The number of fused-ring (bicyclic) bond motifs is 2. The fourth-order valence-electron chi connectivity index (χ4n) is 3.02. The van der Waals surface area contributed by atoms with Crippen molar-refractivity contribution >= 4 is 22.7 Å². The van der Waals surface area contributed by atoms with Crippen LogP contribution >= 0.6 is 17.0 Å². The second kappa shape index (κ2) is 4.77. The lowest BCUT2D eigenvalue weighted by Crippen LogP contribution is -2.38. The number of benzene rings is 1. The number of rotatable bonds is 2. The minimum Gasteiger partial charge on any atom is -0.493 e. The van der Waals surface area contributed by atoms with Gasteiger partial charge in [0.25, 0.3) is 0 Å². The summed E-state index contributed by atoms with van der Waals surface area (Å²) in [6.07, 6.45) is 2.49. The third-order valence-corrected chi connectivity index (χ3v) is 3.80. The molecule has 1 aromatic carbocycles. The summed E-state index contributed by atoms with van der Waals surface area (Å²) in [5.41, 5.74) is 2.71. The van der Waals surface area contributed by atoms with Gasteiger partial charge in [-0.1, -0.05) is 0 Å². The smallest absolute Gasteiger partial charge is 0.166 e. The first-order chi connectivity index (χ1) is 7.85. The Hall–Kier alpha value is -0.900. The van der Waals surface area contributed by atoms with Crippen molar-refractivity contribution in [1.29, 1.82) is 0 Å². The van der Waals surface area contributed by atoms with Crippen LogP contribution in [-0.2, 0) is 0 Å². The fourth-order valence-corrected chi connectivity index (χ4v) is 3.02. The molecule has 0 unspecified atom stereocenters. The van der Waals surface area contributed by atoms with Crippen molar-refractivity contribution in [3.63, 3.8) is 0 Å². The molecule has 1 aromatic rings. The van der Waals surface area contributed by atoms with E-state index in [1.54, 1.807) is 14.2 Å². The monoisotopic (exact) mass is 299 g/mol. The number of ether oxygens (including phenoxy) is 2. The summed E-state index contributed by atoms with van der Waals surface area (Å²) in [5.74, 6) is 2.45. The zero-order chi connectivity index (χ0) is 11.1. The summed E-state index contributed by atoms with van der Waals surface area (Å²) >= 11 is 0. The number of nitrogens with zero attached hydrogens (tertiary/aromatic N) is 1. The lowest BCUT2D eigenvalue weighted by molar-refractivity contribution is 0.342. The molecule has 0 spiro atoms. The molecule has 4 rings (SSSR count). The van der Waals surface area contributed by atoms with Crippen molar-refractivity contribution in [2.24, 2.45) is 0 Å². The summed E-state index contributed by atoms with van der Waals surface area (Å²) in [4.78, 5) is 2.46. The highest BCUT2D eigenvalue weighted by Gasteiger charge is 2.34. The topological polar surface area (TPSA) is 21.7 Å². The van der Waals surface area contributed by atoms with Crippen LogP contribution in [0.3, 0.4) is 0 Å². The van der Waals surface area contributed by atoms with Gasteiger partial charge in [-0.2, -0.15) is 0 Å². The molecule has 1 fully saturated rings. The highest BCUT2D eigenvalue weighted by Crippen LogP contribution is 2.49. The van der Waals surface area contributed by atoms with Gasteiger partial charge >= 0.3 is 0 Å². The molecule has 3 nitrogen and oxygen atoms in total. The summed E-state index contributed by atoms with van der Waals surface area (Å²) in [5, 5.41) is 0. The number of hydrogen-bond donors (Lipinski definition) is 0. The molecule has 17 heavy (non-hydrogen) atoms. The van der Waals surface area contributed by atoms with Gasteiger partial charge in [-0.3, -0.25) is 0 Å². The Bertz CT molecular complexity index is 414. The molecule has 3 aliphatic rings. The van der Waals surface area contributed by atoms with Crippen LogP contribution in [0.1, 0.15) is 24.3 Å². The standard InChI is InChI=1S/C13H17NO2.BrH/c1-15-11-4-3-10-12(13(11)16-2)9-5-7-14(10)8-6-9;/h3-4,9H,5-8H2,1-2H3;1H. The molecule has 0 aromatic heterocycles. The minimum absolute atomic E-state index is 0. The molecule has 0 aliphatic carbocycles. The predicted octanol–water partition coefficient (Wildman–Crippen LogP) is 2.98. The third-order valence-electron chi connectivity index (χ3n) is 3.80. The average Bonchev–Trinajstić information content (AvgIpc) is 2.38. The third kappa shape index (κ3) is 1.79. The number of methoxy groups -OCH3 is 2. The summed E-state index contributed by atoms with van der Waals surface area (Å²) in [7, 11) is 3.43. The SMILES string of the molecule is Br.COc1ccc2c(c1OC)C1CCN2CC1. The Balaban J connectivity index is 0.00000108. The van der Waals surface area contributed by atoms with Gasteiger partial charge in [0.15, 0.2) is 11.5 Å². The van der Waals surface area contributed by atoms with Crippen LogP contribution in [0, 0.1) is 0 Å². The van der Waals surface area contributed by atoms with E-state index in [0.29, 0.717) is 5.92 Å². The highest BCUT2D eigenvalue weighted by molar-refractivity contribution is 8.93. The molecule has 0 amide bonds. The van der Waals surface area contributed by atoms with Crippen LogP contribution in [-0.4, -0.2) is 27.3 Å². The first kappa shape index (κ1) is 12.6. The lowest BCUT2D eigenvalue weighted by Gasteiger charge is -2.42. The van der Waals surface area contributed by atoms with Crippen molar-refractivity contribution in [2.75, 3.05) is 32.2 Å². The van der Waals surface area contributed by atoms with Gasteiger partial charge in [0.2, 0.25) is 0 Å². The summed E-state index contributed by atoms with van der Waals surface area (Å²) in [6, 6.07) is 4.18. The van der Waals surface area contributed by atoms with Gasteiger partial charge < -0.3 is 14.4 Å². The molecule has 0 atom stereocenters. The maximum absolute atomic E-state index is 5.54. The van der Waals surface area contributed by atoms with Crippen LogP contribution in [0.2, 0.25) is 0 Å². The first-order valence-electron chi connectivity index (χ1n) is 5.85. The van der Waals surface area contributed by atoms with E-state index in [-0.39, 0.29) is 17.0 Å². The first-order valence-corrected chi connectivity index (χ1v) is 5.85. The maximum Gasteiger partial charge on any atom is 0.166 e. The van der Waals surface area contributed by atoms with E-state index >= 15 is 0 Å². The lowest BCUT2D eigenvalue weighted by atomic mass is 9.82. The van der Waals surface area contributed by atoms with Gasteiger partial charge in [-0.25, -0.2) is 0 Å². The number of anilines is 1. The predicted molar refractivity (Wildman–Crippen MR) is 74.1 cm³/mol. The zero-order valence-electron chi connectivity index (χ0n) is 10.2. The van der Waals surface area contributed by atoms with Gasteiger partial charge in [0.1, 0.15) is 0 Å². The van der Waals surface area contributed by atoms with Crippen LogP contribution in [0.25, 0.3) is 0 Å². The fraction of sp³-hybridized carbons (Fsp3) is 0.538. The molecule has 1 saturated heterocycles. The normalized spacial score (nSPS) is 17.4. The Kier molecular flexibility index (Phi) is 3.52. The molecule has 3 heterocycles. The van der Waals surface area contributed by atoms with Gasteiger partial charge in [-0.15, -0.1) is 17.0 Å². The van der Waals surface area contributed by atoms with Crippen LogP contribution in [0.4, 0.5) is 5.69 Å². The number of piperidine rings is 1. The van der Waals surface area contributed by atoms with Crippen molar-refractivity contribution in [3.05, 3.63) is 17.7 Å². The van der Waals surface area contributed by atoms with Crippen molar-refractivity contribution < 1.29 is 9.47 Å². The van der Waals surface area contributed by atoms with E-state index in [0.717, 1.165) is 11.5 Å². The Morgan fingerprint density at radius 1 is 1.12 bits per heavy atom. The molecule has 0 radical (unpaired) electrons. The van der Waals surface area contributed by atoms with E-state index in [1.807, 2.05) is 6.07 Å². The average molecular weight is 300 g/mol. The largest absolute Gasteiger partial charge is 0.493 e. The molecule has 94 valence electrons. The van der Waals surface area contributed by atoms with Crippen LogP contribution in [0.15, 0.2) is 12.1 Å². The van der Waals surface area contributed by atoms with E-state index in [1.165, 1.54) is 37.2 Å². The minimum atomic E-state index is 0. The second-order valence-corrected chi connectivity index (χ2v) is 4.50. The second-order valence-electron chi connectivity index (χ2n) is 4.50. The maximum atomic E-state index is 5.54. The number of halogens is 1. The molecular weight excluding hydrogens is 282 g/mol. The summed E-state index contributed by atoms with van der Waals surface area (Å²) < 4.78 is 10.9. The zero-order valence-corrected chi connectivity index (χ0v) is 11.9. The molecular formula is C13H18BrNO2. The quantitative estimate of drug-likeness (QED) is 0.838. The summed E-state index contributed by atoms with van der Waals surface area (Å²) in [6.45, 7) is 2.38. The van der Waals surface area contributed by atoms with Crippen LogP contribution in [0.5, 0.6) is 11.5 Å². The van der Waals surface area contributed by atoms with E-state index in [4.69, 9.17) is 9.47 Å². The Morgan fingerprint density at radius 2 is 1.82 bits per heavy atom. The number of hydrogen-bond acceptors (Lipinski definition) is 3.